The van der Waals surface area contributed by atoms with Gasteiger partial charge in [-0.3, -0.25) is 10.1 Å². The van der Waals surface area contributed by atoms with Gasteiger partial charge >= 0.3 is 6.18 Å². The molecule has 2 aromatic rings. The Bertz CT molecular complexity index is 705. The average Bonchev–Trinajstić information content (AvgIpc) is 2.45. The van der Waals surface area contributed by atoms with Crippen molar-refractivity contribution in [3.05, 3.63) is 68.7 Å². The second-order valence-electron chi connectivity index (χ2n) is 4.43. The third-order valence-corrected chi connectivity index (χ3v) is 3.32. The van der Waals surface area contributed by atoms with Gasteiger partial charge in [0.15, 0.2) is 0 Å². The molecule has 0 unspecified atom stereocenters. The molecule has 0 aromatic heterocycles. The van der Waals surface area contributed by atoms with Crippen LogP contribution in [0, 0.1) is 10.1 Å². The van der Waals surface area contributed by atoms with Gasteiger partial charge < -0.3 is 5.32 Å². The summed E-state index contributed by atoms with van der Waals surface area (Å²) >= 11 is 5.96. The fourth-order valence-electron chi connectivity index (χ4n) is 1.84. The van der Waals surface area contributed by atoms with Gasteiger partial charge in [-0.15, -0.1) is 0 Å². The van der Waals surface area contributed by atoms with E-state index in [-0.39, 0.29) is 12.2 Å². The van der Waals surface area contributed by atoms with Crippen molar-refractivity contribution in [1.82, 2.24) is 0 Å². The summed E-state index contributed by atoms with van der Waals surface area (Å²) in [5.41, 5.74) is -1.03. The number of nitrogens with zero attached hydrogens (tertiary/aromatic N) is 1. The first kappa shape index (κ1) is 16.1. The molecule has 1 N–H and O–H groups in total. The summed E-state index contributed by atoms with van der Waals surface area (Å²) in [6.07, 6.45) is -4.63. The zero-order valence-corrected chi connectivity index (χ0v) is 11.8. The van der Waals surface area contributed by atoms with Gasteiger partial charge in [0.05, 0.1) is 10.5 Å². The monoisotopic (exact) mass is 330 g/mol. The first-order valence-electron chi connectivity index (χ1n) is 6.12. The molecule has 0 aliphatic rings. The van der Waals surface area contributed by atoms with E-state index in [0.29, 0.717) is 16.7 Å². The van der Waals surface area contributed by atoms with E-state index in [0.717, 1.165) is 12.1 Å². The van der Waals surface area contributed by atoms with Crippen LogP contribution in [0.25, 0.3) is 0 Å². The number of anilines is 1. The van der Waals surface area contributed by atoms with Crippen LogP contribution in [0.1, 0.15) is 11.1 Å². The van der Waals surface area contributed by atoms with Gasteiger partial charge in [-0.25, -0.2) is 0 Å². The van der Waals surface area contributed by atoms with E-state index in [2.05, 4.69) is 5.32 Å². The first-order valence-corrected chi connectivity index (χ1v) is 6.50. The Morgan fingerprint density at radius 3 is 2.45 bits per heavy atom. The van der Waals surface area contributed by atoms with Crippen LogP contribution < -0.4 is 5.32 Å². The lowest BCUT2D eigenvalue weighted by atomic mass is 10.1. The average molecular weight is 331 g/mol. The van der Waals surface area contributed by atoms with Crippen molar-refractivity contribution in [2.45, 2.75) is 12.7 Å². The number of nitro benzene ring substituents is 1. The topological polar surface area (TPSA) is 55.2 Å². The molecule has 0 radical (unpaired) electrons. The lowest BCUT2D eigenvalue weighted by Gasteiger charge is -2.11. The molecular formula is C14H10ClF3N2O2. The van der Waals surface area contributed by atoms with Crippen LogP contribution in [0.2, 0.25) is 5.02 Å². The fraction of sp³-hybridized carbons (Fsp3) is 0.143. The van der Waals surface area contributed by atoms with Crippen LogP contribution >= 0.6 is 11.6 Å². The van der Waals surface area contributed by atoms with Crippen molar-refractivity contribution in [2.24, 2.45) is 0 Å². The summed E-state index contributed by atoms with van der Waals surface area (Å²) in [4.78, 5) is 10.1. The Hall–Kier alpha value is -2.28. The van der Waals surface area contributed by atoms with E-state index in [1.165, 1.54) is 0 Å². The van der Waals surface area contributed by atoms with E-state index >= 15 is 0 Å². The standard InChI is InChI=1S/C14H10ClF3N2O2/c15-11-4-2-1-3-9(11)8-19-12-6-5-10(14(16,17)18)7-13(12)20(21)22/h1-7,19H,8H2. The van der Waals surface area contributed by atoms with Gasteiger partial charge in [-0.1, -0.05) is 29.8 Å². The van der Waals surface area contributed by atoms with E-state index in [9.17, 15) is 23.3 Å². The summed E-state index contributed by atoms with van der Waals surface area (Å²) in [5, 5.41) is 14.2. The van der Waals surface area contributed by atoms with E-state index in [4.69, 9.17) is 11.6 Å². The van der Waals surface area contributed by atoms with Crippen LogP contribution in [0.15, 0.2) is 42.5 Å². The molecule has 0 amide bonds. The molecule has 0 bridgehead atoms. The number of halogens is 4. The number of alkyl halides is 3. The van der Waals surface area contributed by atoms with Gasteiger partial charge in [-0.2, -0.15) is 13.2 Å². The summed E-state index contributed by atoms with van der Waals surface area (Å²) < 4.78 is 37.8. The van der Waals surface area contributed by atoms with E-state index < -0.39 is 22.4 Å². The highest BCUT2D eigenvalue weighted by atomic mass is 35.5. The van der Waals surface area contributed by atoms with Crippen molar-refractivity contribution in [2.75, 3.05) is 5.32 Å². The minimum atomic E-state index is -4.63. The molecule has 0 fully saturated rings. The Labute approximate surface area is 128 Å². The number of benzene rings is 2. The zero-order chi connectivity index (χ0) is 16.3. The molecule has 0 atom stereocenters. The molecule has 0 saturated heterocycles. The first-order chi connectivity index (χ1) is 10.3. The third kappa shape index (κ3) is 3.67. The van der Waals surface area contributed by atoms with Crippen LogP contribution in [-0.4, -0.2) is 4.92 Å². The predicted molar refractivity (Wildman–Crippen MR) is 76.9 cm³/mol. The fourth-order valence-corrected chi connectivity index (χ4v) is 2.04. The number of nitro groups is 1. The molecule has 0 spiro atoms. The molecular weight excluding hydrogens is 321 g/mol. The molecule has 2 aromatic carbocycles. The van der Waals surface area contributed by atoms with Crippen molar-refractivity contribution in [1.29, 1.82) is 0 Å². The highest BCUT2D eigenvalue weighted by Crippen LogP contribution is 2.35. The highest BCUT2D eigenvalue weighted by molar-refractivity contribution is 6.31. The van der Waals surface area contributed by atoms with Crippen molar-refractivity contribution >= 4 is 23.0 Å². The number of hydrogen-bond acceptors (Lipinski definition) is 3. The minimum Gasteiger partial charge on any atom is -0.375 e. The zero-order valence-electron chi connectivity index (χ0n) is 11.0. The molecule has 0 aliphatic heterocycles. The number of rotatable bonds is 4. The Morgan fingerprint density at radius 1 is 1.18 bits per heavy atom. The van der Waals surface area contributed by atoms with Crippen LogP contribution in [0.4, 0.5) is 24.5 Å². The van der Waals surface area contributed by atoms with E-state index in [1.807, 2.05) is 0 Å². The molecule has 116 valence electrons. The Kier molecular flexibility index (Phi) is 4.56. The van der Waals surface area contributed by atoms with E-state index in [1.54, 1.807) is 24.3 Å². The summed E-state index contributed by atoms with van der Waals surface area (Å²) in [6.45, 7) is 0.159. The van der Waals surface area contributed by atoms with Crippen LogP contribution in [0.3, 0.4) is 0 Å². The number of nitrogens with one attached hydrogen (secondary N) is 1. The predicted octanol–water partition coefficient (Wildman–Crippen LogP) is 4.88. The second kappa shape index (κ2) is 6.23. The van der Waals surface area contributed by atoms with Crippen molar-refractivity contribution < 1.29 is 18.1 Å². The van der Waals surface area contributed by atoms with Gasteiger partial charge in [-0.05, 0) is 23.8 Å². The van der Waals surface area contributed by atoms with Crippen molar-refractivity contribution in [3.8, 4) is 0 Å². The van der Waals surface area contributed by atoms with Gasteiger partial charge in [0.1, 0.15) is 5.69 Å². The molecule has 0 aliphatic carbocycles. The normalized spacial score (nSPS) is 11.3. The minimum absolute atomic E-state index is 0.00193. The molecule has 0 saturated carbocycles. The summed E-state index contributed by atoms with van der Waals surface area (Å²) in [6, 6.07) is 9.18. The van der Waals surface area contributed by atoms with Gasteiger partial charge in [0, 0.05) is 17.6 Å². The quantitative estimate of drug-likeness (QED) is 0.642. The molecule has 4 nitrogen and oxygen atoms in total. The van der Waals surface area contributed by atoms with Crippen molar-refractivity contribution in [3.63, 3.8) is 0 Å². The lowest BCUT2D eigenvalue weighted by Crippen LogP contribution is -2.08. The maximum Gasteiger partial charge on any atom is 0.416 e. The Balaban J connectivity index is 2.27. The third-order valence-electron chi connectivity index (χ3n) is 2.95. The second-order valence-corrected chi connectivity index (χ2v) is 4.84. The molecule has 0 heterocycles. The SMILES string of the molecule is O=[N+]([O-])c1cc(C(F)(F)F)ccc1NCc1ccccc1Cl. The largest absolute Gasteiger partial charge is 0.416 e. The summed E-state index contributed by atoms with van der Waals surface area (Å²) in [7, 11) is 0. The molecule has 22 heavy (non-hydrogen) atoms. The maximum atomic E-state index is 12.6. The van der Waals surface area contributed by atoms with Gasteiger partial charge in [0.2, 0.25) is 0 Å². The molecule has 2 rings (SSSR count). The van der Waals surface area contributed by atoms with Crippen LogP contribution in [0.5, 0.6) is 0 Å². The highest BCUT2D eigenvalue weighted by Gasteiger charge is 2.33. The number of hydrogen-bond donors (Lipinski definition) is 1. The maximum absolute atomic E-state index is 12.6. The summed E-state index contributed by atoms with van der Waals surface area (Å²) in [5.74, 6) is 0. The lowest BCUT2D eigenvalue weighted by molar-refractivity contribution is -0.384. The molecule has 8 heteroatoms. The van der Waals surface area contributed by atoms with Gasteiger partial charge in [0.25, 0.3) is 5.69 Å². The Morgan fingerprint density at radius 2 is 1.86 bits per heavy atom. The van der Waals surface area contributed by atoms with Crippen LogP contribution in [-0.2, 0) is 12.7 Å². The smallest absolute Gasteiger partial charge is 0.375 e.